The summed E-state index contributed by atoms with van der Waals surface area (Å²) in [5, 5.41) is 0. The van der Waals surface area contributed by atoms with Crippen molar-refractivity contribution in [2.24, 2.45) is 5.73 Å². The van der Waals surface area contributed by atoms with Crippen LogP contribution < -0.4 is 10.5 Å². The van der Waals surface area contributed by atoms with E-state index in [4.69, 9.17) is 10.5 Å². The van der Waals surface area contributed by atoms with Crippen LogP contribution in [-0.4, -0.2) is 18.4 Å². The highest BCUT2D eigenvalue weighted by atomic mass is 32.2. The molecule has 0 bridgehead atoms. The maximum atomic E-state index is 5.61. The maximum Gasteiger partial charge on any atom is 0.121 e. The van der Waals surface area contributed by atoms with Crippen LogP contribution in [0.2, 0.25) is 0 Å². The highest BCUT2D eigenvalue weighted by Gasteiger charge is 2.18. The molecule has 16 heavy (non-hydrogen) atoms. The summed E-state index contributed by atoms with van der Waals surface area (Å²) < 4.78 is 5.44. The van der Waals surface area contributed by atoms with Gasteiger partial charge >= 0.3 is 0 Å². The van der Waals surface area contributed by atoms with Crippen LogP contribution in [0, 0.1) is 6.92 Å². The second kappa shape index (κ2) is 5.60. The summed E-state index contributed by atoms with van der Waals surface area (Å²) in [7, 11) is 1.70. The summed E-state index contributed by atoms with van der Waals surface area (Å²) in [6, 6.07) is 6.30. The summed E-state index contributed by atoms with van der Waals surface area (Å²) in [4.78, 5) is 1.27. The molecule has 0 aromatic heterocycles. The summed E-state index contributed by atoms with van der Waals surface area (Å²) in [5.74, 6) is 0.945. The number of hydrogen-bond donors (Lipinski definition) is 1. The van der Waals surface area contributed by atoms with E-state index >= 15 is 0 Å². The zero-order chi connectivity index (χ0) is 12.2. The molecule has 2 nitrogen and oxygen atoms in total. The minimum absolute atomic E-state index is 0.190. The Labute approximate surface area is 103 Å². The normalized spacial score (nSPS) is 11.6. The van der Waals surface area contributed by atoms with Crippen LogP contribution in [-0.2, 0) is 0 Å². The van der Waals surface area contributed by atoms with Crippen molar-refractivity contribution in [2.75, 3.05) is 13.7 Å². The molecule has 0 fully saturated rings. The van der Waals surface area contributed by atoms with Crippen LogP contribution in [0.15, 0.2) is 23.1 Å². The van der Waals surface area contributed by atoms with Crippen molar-refractivity contribution < 1.29 is 4.74 Å². The minimum atomic E-state index is 0.190. The molecule has 3 heteroatoms. The Kier molecular flexibility index (Phi) is 4.69. The van der Waals surface area contributed by atoms with Crippen LogP contribution in [0.3, 0.4) is 0 Å². The summed E-state index contributed by atoms with van der Waals surface area (Å²) in [6.07, 6.45) is 1.02. The molecule has 0 radical (unpaired) electrons. The Bertz CT molecular complexity index is 350. The fourth-order valence-corrected chi connectivity index (χ4v) is 2.86. The van der Waals surface area contributed by atoms with Gasteiger partial charge in [0.1, 0.15) is 5.75 Å². The molecule has 1 aromatic carbocycles. The predicted molar refractivity (Wildman–Crippen MR) is 71.3 cm³/mol. The first-order valence-electron chi connectivity index (χ1n) is 5.52. The highest BCUT2D eigenvalue weighted by Crippen LogP contribution is 2.36. The van der Waals surface area contributed by atoms with Crippen molar-refractivity contribution in [1.29, 1.82) is 0 Å². The molecule has 1 rings (SSSR count). The van der Waals surface area contributed by atoms with Crippen LogP contribution in [0.5, 0.6) is 5.75 Å². The number of nitrogens with two attached hydrogens (primary N) is 1. The summed E-state index contributed by atoms with van der Waals surface area (Å²) >= 11 is 1.87. The lowest BCUT2D eigenvalue weighted by Crippen LogP contribution is -2.19. The van der Waals surface area contributed by atoms with Gasteiger partial charge in [-0.15, -0.1) is 11.8 Å². The number of ether oxygens (including phenoxy) is 1. The lowest BCUT2D eigenvalue weighted by Gasteiger charge is -2.23. The van der Waals surface area contributed by atoms with E-state index in [1.807, 2.05) is 17.8 Å². The van der Waals surface area contributed by atoms with Crippen LogP contribution in [0.1, 0.15) is 25.8 Å². The second-order valence-corrected chi connectivity index (χ2v) is 6.31. The fraction of sp³-hybridized carbons (Fsp3) is 0.538. The molecule has 0 unspecified atom stereocenters. The van der Waals surface area contributed by atoms with Crippen LogP contribution >= 0.6 is 11.8 Å². The third-order valence-corrected chi connectivity index (χ3v) is 3.75. The van der Waals surface area contributed by atoms with Gasteiger partial charge in [-0.3, -0.25) is 0 Å². The molecule has 0 saturated carbocycles. The largest absolute Gasteiger partial charge is 0.496 e. The average Bonchev–Trinajstić information content (AvgIpc) is 2.17. The Hall–Kier alpha value is -0.670. The average molecular weight is 239 g/mol. The van der Waals surface area contributed by atoms with E-state index in [-0.39, 0.29) is 4.75 Å². The van der Waals surface area contributed by atoms with Gasteiger partial charge in [0, 0.05) is 9.64 Å². The Morgan fingerprint density at radius 3 is 2.56 bits per heavy atom. The first-order chi connectivity index (χ1) is 7.48. The Morgan fingerprint density at radius 1 is 1.38 bits per heavy atom. The van der Waals surface area contributed by atoms with E-state index in [9.17, 15) is 0 Å². The number of rotatable bonds is 5. The number of thioether (sulfide) groups is 1. The van der Waals surface area contributed by atoms with Gasteiger partial charge < -0.3 is 10.5 Å². The van der Waals surface area contributed by atoms with E-state index in [1.54, 1.807) is 7.11 Å². The van der Waals surface area contributed by atoms with E-state index in [1.165, 1.54) is 10.5 Å². The smallest absolute Gasteiger partial charge is 0.121 e. The van der Waals surface area contributed by atoms with Gasteiger partial charge in [-0.25, -0.2) is 0 Å². The van der Waals surface area contributed by atoms with Gasteiger partial charge in [0.25, 0.3) is 0 Å². The molecule has 0 atom stereocenters. The molecular weight excluding hydrogens is 218 g/mol. The van der Waals surface area contributed by atoms with E-state index in [0.717, 1.165) is 18.7 Å². The molecular formula is C13H21NOS. The van der Waals surface area contributed by atoms with E-state index < -0.39 is 0 Å². The highest BCUT2D eigenvalue weighted by molar-refractivity contribution is 8.00. The predicted octanol–water partition coefficient (Wildman–Crippen LogP) is 3.22. The van der Waals surface area contributed by atoms with Crippen molar-refractivity contribution in [2.45, 2.75) is 36.8 Å². The van der Waals surface area contributed by atoms with Crippen molar-refractivity contribution in [3.05, 3.63) is 23.8 Å². The van der Waals surface area contributed by atoms with Crippen molar-refractivity contribution in [3.63, 3.8) is 0 Å². The molecule has 0 aliphatic heterocycles. The SMILES string of the molecule is COc1ccc(SC(C)(C)CCN)cc1C. The zero-order valence-electron chi connectivity index (χ0n) is 10.5. The Balaban J connectivity index is 2.78. The summed E-state index contributed by atoms with van der Waals surface area (Å²) in [6.45, 7) is 7.25. The topological polar surface area (TPSA) is 35.2 Å². The van der Waals surface area contributed by atoms with Gasteiger partial charge in [-0.1, -0.05) is 13.8 Å². The second-order valence-electron chi connectivity index (χ2n) is 4.53. The first kappa shape index (κ1) is 13.4. The number of hydrogen-bond acceptors (Lipinski definition) is 3. The van der Waals surface area contributed by atoms with Gasteiger partial charge in [0.05, 0.1) is 7.11 Å². The lowest BCUT2D eigenvalue weighted by molar-refractivity contribution is 0.411. The number of methoxy groups -OCH3 is 1. The monoisotopic (exact) mass is 239 g/mol. The Morgan fingerprint density at radius 2 is 2.06 bits per heavy atom. The van der Waals surface area contributed by atoms with E-state index in [0.29, 0.717) is 0 Å². The first-order valence-corrected chi connectivity index (χ1v) is 6.34. The van der Waals surface area contributed by atoms with Gasteiger partial charge in [0.2, 0.25) is 0 Å². The standard InChI is InChI=1S/C13H21NOS/c1-10-9-11(5-6-12(10)15-4)16-13(2,3)7-8-14/h5-6,9H,7-8,14H2,1-4H3. The number of aryl methyl sites for hydroxylation is 1. The fourth-order valence-electron chi connectivity index (χ4n) is 1.63. The van der Waals surface area contributed by atoms with Crippen molar-refractivity contribution >= 4 is 11.8 Å². The third kappa shape index (κ3) is 3.72. The third-order valence-electron chi connectivity index (χ3n) is 2.51. The quantitative estimate of drug-likeness (QED) is 0.801. The van der Waals surface area contributed by atoms with E-state index in [2.05, 4.69) is 32.9 Å². The van der Waals surface area contributed by atoms with Crippen molar-refractivity contribution in [3.8, 4) is 5.75 Å². The molecule has 2 N–H and O–H groups in total. The van der Waals surface area contributed by atoms with Crippen LogP contribution in [0.4, 0.5) is 0 Å². The zero-order valence-corrected chi connectivity index (χ0v) is 11.4. The van der Waals surface area contributed by atoms with Gasteiger partial charge in [0.15, 0.2) is 0 Å². The summed E-state index contributed by atoms with van der Waals surface area (Å²) in [5.41, 5.74) is 6.79. The molecule has 0 aliphatic carbocycles. The molecule has 0 saturated heterocycles. The molecule has 0 amide bonds. The number of benzene rings is 1. The molecule has 0 spiro atoms. The maximum absolute atomic E-state index is 5.61. The lowest BCUT2D eigenvalue weighted by atomic mass is 10.1. The van der Waals surface area contributed by atoms with Crippen molar-refractivity contribution in [1.82, 2.24) is 0 Å². The molecule has 90 valence electrons. The van der Waals surface area contributed by atoms with Gasteiger partial charge in [-0.2, -0.15) is 0 Å². The van der Waals surface area contributed by atoms with Gasteiger partial charge in [-0.05, 0) is 43.7 Å². The van der Waals surface area contributed by atoms with Crippen LogP contribution in [0.25, 0.3) is 0 Å². The molecule has 0 aliphatic rings. The molecule has 1 aromatic rings. The minimum Gasteiger partial charge on any atom is -0.496 e. The molecule has 0 heterocycles.